The predicted octanol–water partition coefficient (Wildman–Crippen LogP) is -0.110. The molecular formula is C8H5NaO4-. The van der Waals surface area contributed by atoms with Gasteiger partial charge in [0.1, 0.15) is 6.29 Å². The van der Waals surface area contributed by atoms with Gasteiger partial charge in [-0.3, -0.25) is 4.79 Å². The van der Waals surface area contributed by atoms with Gasteiger partial charge in [0.05, 0.1) is 5.56 Å². The van der Waals surface area contributed by atoms with Crippen LogP contribution in [0, 0.1) is 0 Å². The van der Waals surface area contributed by atoms with E-state index in [2.05, 4.69) is 0 Å². The van der Waals surface area contributed by atoms with Crippen LogP contribution in [0.2, 0.25) is 0 Å². The summed E-state index contributed by atoms with van der Waals surface area (Å²) in [5.41, 5.74) is -0.505. The molecule has 0 atom stereocenters. The van der Waals surface area contributed by atoms with Gasteiger partial charge in [0, 0.05) is 35.1 Å². The Morgan fingerprint density at radius 1 is 1.46 bits per heavy atom. The van der Waals surface area contributed by atoms with Crippen molar-refractivity contribution in [3.63, 3.8) is 0 Å². The number of rotatable bonds is 2. The van der Waals surface area contributed by atoms with Crippen molar-refractivity contribution in [2.45, 2.75) is 0 Å². The van der Waals surface area contributed by atoms with Gasteiger partial charge in [-0.15, -0.1) is 0 Å². The molecule has 0 saturated carbocycles. The van der Waals surface area contributed by atoms with Crippen LogP contribution in [0.1, 0.15) is 20.7 Å². The standard InChI is InChI=1S/C8H6O4.Na/c9-4-5-2-1-3-6(7(5)10)8(11)12;/h1-4,10H,(H,11,12);/p-1. The fourth-order valence-corrected chi connectivity index (χ4v) is 0.816. The largest absolute Gasteiger partial charge is 0.871 e. The maximum atomic E-state index is 11.0. The molecule has 0 aliphatic rings. The second-order valence-corrected chi connectivity index (χ2v) is 2.15. The van der Waals surface area contributed by atoms with E-state index in [1.165, 1.54) is 12.1 Å². The summed E-state index contributed by atoms with van der Waals surface area (Å²) in [5, 5.41) is 19.5. The van der Waals surface area contributed by atoms with E-state index in [4.69, 9.17) is 5.11 Å². The molecule has 0 bridgehead atoms. The smallest absolute Gasteiger partial charge is 0.335 e. The van der Waals surface area contributed by atoms with Crippen LogP contribution in [0.3, 0.4) is 0 Å². The Bertz CT molecular complexity index is 335. The molecular weight excluding hydrogens is 183 g/mol. The minimum Gasteiger partial charge on any atom is -0.871 e. The first-order valence-electron chi connectivity index (χ1n) is 3.15. The average molecular weight is 188 g/mol. The molecule has 13 heavy (non-hydrogen) atoms. The fraction of sp³-hybridized carbons (Fsp3) is 0. The van der Waals surface area contributed by atoms with Crippen LogP contribution in [0.15, 0.2) is 18.2 Å². The Morgan fingerprint density at radius 2 is 2.08 bits per heavy atom. The van der Waals surface area contributed by atoms with E-state index < -0.39 is 11.7 Å². The summed E-state index contributed by atoms with van der Waals surface area (Å²) in [6.45, 7) is 0. The van der Waals surface area contributed by atoms with Gasteiger partial charge in [-0.1, -0.05) is 17.9 Å². The van der Waals surface area contributed by atoms with E-state index in [1.54, 1.807) is 0 Å². The minimum absolute atomic E-state index is 0. The molecule has 1 rings (SSSR count). The van der Waals surface area contributed by atoms with Crippen LogP contribution in [0.4, 0.5) is 0 Å². The molecule has 0 saturated heterocycles. The van der Waals surface area contributed by atoms with Crippen molar-refractivity contribution in [2.75, 3.05) is 0 Å². The van der Waals surface area contributed by atoms with Gasteiger partial charge >= 0.3 is 5.97 Å². The number of carbonyl (C=O) groups is 2. The molecule has 0 unspecified atom stereocenters. The summed E-state index contributed by atoms with van der Waals surface area (Å²) in [6.07, 6.45) is 0.342. The molecule has 0 heterocycles. The summed E-state index contributed by atoms with van der Waals surface area (Å²) < 4.78 is 0. The molecule has 63 valence electrons. The molecule has 5 heteroatoms. The molecule has 0 fully saturated rings. The monoisotopic (exact) mass is 188 g/mol. The summed E-state index contributed by atoms with van der Waals surface area (Å²) >= 11 is 0. The zero-order valence-electron chi connectivity index (χ0n) is 6.98. The van der Waals surface area contributed by atoms with Gasteiger partial charge < -0.3 is 10.2 Å². The molecule has 1 aromatic rings. The summed E-state index contributed by atoms with van der Waals surface area (Å²) in [7, 11) is 0. The molecule has 4 nitrogen and oxygen atoms in total. The second-order valence-electron chi connectivity index (χ2n) is 2.15. The number of carbonyl (C=O) groups excluding carboxylic acids is 1. The first-order chi connectivity index (χ1) is 5.66. The van der Waals surface area contributed by atoms with Gasteiger partial charge in [-0.2, -0.15) is 0 Å². The molecule has 0 amide bonds. The van der Waals surface area contributed by atoms with E-state index in [0.717, 1.165) is 6.07 Å². The molecule has 0 aliphatic heterocycles. The van der Waals surface area contributed by atoms with Crippen molar-refractivity contribution in [3.05, 3.63) is 29.3 Å². The number of aromatic carboxylic acids is 1. The van der Waals surface area contributed by atoms with Crippen molar-refractivity contribution in [2.24, 2.45) is 0 Å². The SMILES string of the molecule is O=Cc1cccc(C(=O)O)c1[O-].[Na]. The molecule has 0 aromatic heterocycles. The van der Waals surface area contributed by atoms with Crippen LogP contribution in [0.5, 0.6) is 5.75 Å². The van der Waals surface area contributed by atoms with E-state index in [1.807, 2.05) is 0 Å². The van der Waals surface area contributed by atoms with E-state index in [9.17, 15) is 14.7 Å². The number of hydrogen-bond donors (Lipinski definition) is 1. The van der Waals surface area contributed by atoms with Crippen LogP contribution in [-0.2, 0) is 0 Å². The first kappa shape index (κ1) is 12.2. The maximum absolute atomic E-state index is 11.0. The van der Waals surface area contributed by atoms with Crippen molar-refractivity contribution < 1.29 is 19.8 Å². The van der Waals surface area contributed by atoms with Crippen LogP contribution < -0.4 is 5.11 Å². The Kier molecular flexibility index (Phi) is 4.69. The minimum atomic E-state index is -1.32. The number of carboxylic acids is 1. The Morgan fingerprint density at radius 3 is 2.54 bits per heavy atom. The van der Waals surface area contributed by atoms with Crippen LogP contribution in [0.25, 0.3) is 0 Å². The number of para-hydroxylation sites is 1. The molecule has 1 radical (unpaired) electrons. The number of benzene rings is 1. The maximum Gasteiger partial charge on any atom is 0.335 e. The van der Waals surface area contributed by atoms with Gasteiger partial charge in [0.2, 0.25) is 0 Å². The number of carboxylic acid groups (broad SMARTS) is 1. The Labute approximate surface area is 96.5 Å². The molecule has 1 N–H and O–H groups in total. The Balaban J connectivity index is 0.00000144. The van der Waals surface area contributed by atoms with Crippen LogP contribution in [-0.4, -0.2) is 46.9 Å². The number of aldehydes is 1. The summed E-state index contributed by atoms with van der Waals surface area (Å²) in [4.78, 5) is 20.6. The number of hydrogen-bond acceptors (Lipinski definition) is 3. The van der Waals surface area contributed by atoms with Gasteiger partial charge in [0.15, 0.2) is 0 Å². The third-order valence-corrected chi connectivity index (χ3v) is 1.40. The predicted molar refractivity (Wildman–Crippen MR) is 44.0 cm³/mol. The molecule has 0 aliphatic carbocycles. The van der Waals surface area contributed by atoms with Crippen molar-refractivity contribution in [3.8, 4) is 5.75 Å². The van der Waals surface area contributed by atoms with Gasteiger partial charge in [-0.05, 0) is 6.07 Å². The Hall–Kier alpha value is -0.840. The van der Waals surface area contributed by atoms with Crippen molar-refractivity contribution >= 4 is 41.8 Å². The molecule has 1 aromatic carbocycles. The van der Waals surface area contributed by atoms with Crippen LogP contribution >= 0.6 is 0 Å². The summed E-state index contributed by atoms with van der Waals surface area (Å²) in [5.74, 6) is -2.05. The van der Waals surface area contributed by atoms with E-state index in [0.29, 0.717) is 6.29 Å². The second kappa shape index (κ2) is 5.01. The van der Waals surface area contributed by atoms with Gasteiger partial charge in [-0.25, -0.2) is 4.79 Å². The quantitative estimate of drug-likeness (QED) is 0.518. The summed E-state index contributed by atoms with van der Waals surface area (Å²) in [6, 6.07) is 3.80. The zero-order valence-corrected chi connectivity index (χ0v) is 8.98. The normalized spacial score (nSPS) is 8.62. The third kappa shape index (κ3) is 2.55. The zero-order chi connectivity index (χ0) is 9.14. The van der Waals surface area contributed by atoms with E-state index >= 15 is 0 Å². The fourth-order valence-electron chi connectivity index (χ4n) is 0.816. The van der Waals surface area contributed by atoms with E-state index in [-0.39, 0.29) is 40.7 Å². The third-order valence-electron chi connectivity index (χ3n) is 1.40. The van der Waals surface area contributed by atoms with Gasteiger partial charge in [0.25, 0.3) is 0 Å². The van der Waals surface area contributed by atoms with Crippen molar-refractivity contribution in [1.82, 2.24) is 0 Å². The average Bonchev–Trinajstić information content (AvgIpc) is 2.04. The molecule has 0 spiro atoms. The topological polar surface area (TPSA) is 77.4 Å². The first-order valence-corrected chi connectivity index (χ1v) is 3.15. The van der Waals surface area contributed by atoms with Crippen molar-refractivity contribution in [1.29, 1.82) is 0 Å².